The molecule has 0 aliphatic carbocycles. The Bertz CT molecular complexity index is 759. The first-order valence-electron chi connectivity index (χ1n) is 8.75. The molecule has 1 aliphatic rings. The van der Waals surface area contributed by atoms with E-state index in [1.807, 2.05) is 26.8 Å². The van der Waals surface area contributed by atoms with Gasteiger partial charge in [-0.15, -0.1) is 11.3 Å². The van der Waals surface area contributed by atoms with Crippen molar-refractivity contribution >= 4 is 22.9 Å². The molecule has 26 heavy (non-hydrogen) atoms. The molecule has 7 heteroatoms. The first kappa shape index (κ1) is 18.7. The van der Waals surface area contributed by atoms with Gasteiger partial charge in [-0.3, -0.25) is 0 Å². The molecular weight excluding hydrogens is 350 g/mol. The van der Waals surface area contributed by atoms with Crippen LogP contribution in [0, 0.1) is 0 Å². The van der Waals surface area contributed by atoms with Crippen LogP contribution >= 0.6 is 11.3 Å². The Hall–Kier alpha value is -2.12. The number of nitrogens with one attached hydrogen (secondary N) is 1. The molecule has 3 heterocycles. The van der Waals surface area contributed by atoms with Gasteiger partial charge in [0.2, 0.25) is 0 Å². The van der Waals surface area contributed by atoms with Gasteiger partial charge >= 0.3 is 6.03 Å². The second-order valence-corrected chi connectivity index (χ2v) is 8.19. The van der Waals surface area contributed by atoms with Gasteiger partial charge in [-0.25, -0.2) is 4.79 Å². The number of urea groups is 1. The van der Waals surface area contributed by atoms with Crippen LogP contribution in [-0.4, -0.2) is 34.8 Å². The fourth-order valence-electron chi connectivity index (χ4n) is 2.61. The van der Waals surface area contributed by atoms with E-state index in [9.17, 15) is 4.79 Å². The molecule has 0 saturated heterocycles. The van der Waals surface area contributed by atoms with E-state index in [0.29, 0.717) is 31.2 Å². The number of ether oxygens (including phenoxy) is 1. The van der Waals surface area contributed by atoms with Gasteiger partial charge < -0.3 is 19.5 Å². The molecule has 2 aromatic heterocycles. The van der Waals surface area contributed by atoms with E-state index in [0.717, 1.165) is 13.0 Å². The van der Waals surface area contributed by atoms with Crippen molar-refractivity contribution in [2.45, 2.75) is 45.9 Å². The summed E-state index contributed by atoms with van der Waals surface area (Å²) in [7, 11) is 0. The highest BCUT2D eigenvalue weighted by atomic mass is 32.1. The van der Waals surface area contributed by atoms with Gasteiger partial charge in [0.15, 0.2) is 5.76 Å². The van der Waals surface area contributed by atoms with Gasteiger partial charge in [0.25, 0.3) is 0 Å². The molecule has 0 radical (unpaired) electrons. The van der Waals surface area contributed by atoms with Gasteiger partial charge in [-0.05, 0) is 44.2 Å². The highest BCUT2D eigenvalue weighted by molar-refractivity contribution is 7.11. The fourth-order valence-corrected chi connectivity index (χ4v) is 3.41. The Kier molecular flexibility index (Phi) is 5.78. The predicted octanol–water partition coefficient (Wildman–Crippen LogP) is 4.05. The van der Waals surface area contributed by atoms with Crippen molar-refractivity contribution in [1.82, 2.24) is 15.4 Å². The van der Waals surface area contributed by atoms with Crippen molar-refractivity contribution in [2.24, 2.45) is 0 Å². The van der Waals surface area contributed by atoms with Crippen LogP contribution in [0.25, 0.3) is 5.57 Å². The number of carbonyl (C=O) groups is 1. The quantitative estimate of drug-likeness (QED) is 0.856. The van der Waals surface area contributed by atoms with Gasteiger partial charge in [0, 0.05) is 24.0 Å². The second kappa shape index (κ2) is 8.05. The molecule has 0 unspecified atom stereocenters. The molecule has 0 aromatic carbocycles. The number of hydrogen-bond donors (Lipinski definition) is 1. The molecule has 3 rings (SSSR count). The number of amides is 2. The molecule has 2 amide bonds. The molecule has 0 atom stereocenters. The molecule has 0 spiro atoms. The topological polar surface area (TPSA) is 67.6 Å². The molecular formula is C19H25N3O3S. The zero-order valence-corrected chi connectivity index (χ0v) is 16.3. The summed E-state index contributed by atoms with van der Waals surface area (Å²) >= 11 is 1.74. The van der Waals surface area contributed by atoms with Crippen molar-refractivity contribution < 1.29 is 14.1 Å². The highest BCUT2D eigenvalue weighted by Gasteiger charge is 2.19. The minimum Gasteiger partial charge on any atom is -0.368 e. The lowest BCUT2D eigenvalue weighted by molar-refractivity contribution is -0.0241. The molecule has 1 aliphatic heterocycles. The third kappa shape index (κ3) is 5.19. The van der Waals surface area contributed by atoms with Gasteiger partial charge in [-0.2, -0.15) is 0 Å². The van der Waals surface area contributed by atoms with Crippen LogP contribution < -0.4 is 5.32 Å². The highest BCUT2D eigenvalue weighted by Crippen LogP contribution is 2.26. The van der Waals surface area contributed by atoms with Gasteiger partial charge in [0.05, 0.1) is 12.1 Å². The van der Waals surface area contributed by atoms with E-state index in [1.165, 1.54) is 10.5 Å². The van der Waals surface area contributed by atoms with Crippen LogP contribution in [0.4, 0.5) is 4.79 Å². The summed E-state index contributed by atoms with van der Waals surface area (Å²) in [5, 5.41) is 8.96. The Labute approximate surface area is 157 Å². The lowest BCUT2D eigenvalue weighted by atomic mass is 10.1. The summed E-state index contributed by atoms with van der Waals surface area (Å²) in [5.74, 6) is 0.658. The van der Waals surface area contributed by atoms with E-state index >= 15 is 0 Å². The van der Waals surface area contributed by atoms with Gasteiger partial charge in [-0.1, -0.05) is 17.3 Å². The molecule has 0 saturated carbocycles. The van der Waals surface area contributed by atoms with E-state index in [2.05, 4.69) is 34.1 Å². The maximum absolute atomic E-state index is 12.3. The Morgan fingerprint density at radius 2 is 2.31 bits per heavy atom. The fraction of sp³-hybridized carbons (Fsp3) is 0.474. The van der Waals surface area contributed by atoms with Crippen molar-refractivity contribution in [3.8, 4) is 0 Å². The zero-order chi connectivity index (χ0) is 18.6. The molecule has 6 nitrogen and oxygen atoms in total. The maximum Gasteiger partial charge on any atom is 0.318 e. The van der Waals surface area contributed by atoms with Crippen molar-refractivity contribution in [3.05, 3.63) is 46.0 Å². The van der Waals surface area contributed by atoms with E-state index in [1.54, 1.807) is 16.2 Å². The maximum atomic E-state index is 12.3. The summed E-state index contributed by atoms with van der Waals surface area (Å²) in [6.45, 7) is 8.02. The predicted molar refractivity (Wildman–Crippen MR) is 102 cm³/mol. The largest absolute Gasteiger partial charge is 0.368 e. The van der Waals surface area contributed by atoms with Gasteiger partial charge in [0.1, 0.15) is 12.3 Å². The molecule has 2 aromatic rings. The summed E-state index contributed by atoms with van der Waals surface area (Å²) in [4.78, 5) is 15.4. The van der Waals surface area contributed by atoms with E-state index < -0.39 is 0 Å². The number of thiophene rings is 1. The lowest BCUT2D eigenvalue weighted by Crippen LogP contribution is -2.41. The van der Waals surface area contributed by atoms with Crippen LogP contribution in [0.3, 0.4) is 0 Å². The first-order chi connectivity index (χ1) is 12.4. The lowest BCUT2D eigenvalue weighted by Gasteiger charge is -2.26. The number of nitrogens with zero attached hydrogens (tertiary/aromatic N) is 2. The monoisotopic (exact) mass is 375 g/mol. The Balaban J connectivity index is 1.45. The number of aromatic nitrogens is 1. The smallest absolute Gasteiger partial charge is 0.318 e. The first-order valence-corrected chi connectivity index (χ1v) is 9.63. The summed E-state index contributed by atoms with van der Waals surface area (Å²) in [6.07, 6.45) is 3.01. The summed E-state index contributed by atoms with van der Waals surface area (Å²) in [6, 6.07) is 5.91. The standard InChI is InChI=1S/C19H25N3O3S/c1-19(2,3)24-13-16-11-15(21-25-16)12-20-18(23)22-8-6-14(7-9-22)17-5-4-10-26-17/h4-6,10-11H,7-9,12-13H2,1-3H3,(H,20,23). The van der Waals surface area contributed by atoms with Crippen LogP contribution in [0.1, 0.15) is 43.5 Å². The normalized spacial score (nSPS) is 15.0. The SMILES string of the molecule is CC(C)(C)OCc1cc(CNC(=O)N2CC=C(c3cccs3)CC2)no1. The van der Waals surface area contributed by atoms with Crippen molar-refractivity contribution in [2.75, 3.05) is 13.1 Å². The van der Waals surface area contributed by atoms with E-state index in [-0.39, 0.29) is 11.6 Å². The van der Waals surface area contributed by atoms with Crippen LogP contribution in [0.15, 0.2) is 34.2 Å². The van der Waals surface area contributed by atoms with Crippen LogP contribution in [0.2, 0.25) is 0 Å². The Morgan fingerprint density at radius 3 is 2.96 bits per heavy atom. The number of rotatable bonds is 5. The average molecular weight is 375 g/mol. The number of carbonyl (C=O) groups excluding carboxylic acids is 1. The molecule has 0 fully saturated rings. The summed E-state index contributed by atoms with van der Waals surface area (Å²) in [5.41, 5.74) is 1.78. The van der Waals surface area contributed by atoms with Crippen LogP contribution in [0.5, 0.6) is 0 Å². The third-order valence-electron chi connectivity index (χ3n) is 4.01. The number of hydrogen-bond acceptors (Lipinski definition) is 5. The molecule has 140 valence electrons. The third-order valence-corrected chi connectivity index (χ3v) is 4.96. The van der Waals surface area contributed by atoms with Crippen molar-refractivity contribution in [1.29, 1.82) is 0 Å². The van der Waals surface area contributed by atoms with Crippen molar-refractivity contribution in [3.63, 3.8) is 0 Å². The summed E-state index contributed by atoms with van der Waals surface area (Å²) < 4.78 is 10.9. The zero-order valence-electron chi connectivity index (χ0n) is 15.4. The minimum absolute atomic E-state index is 0.0815. The minimum atomic E-state index is -0.231. The average Bonchev–Trinajstić information content (AvgIpc) is 3.29. The Morgan fingerprint density at radius 1 is 1.46 bits per heavy atom. The van der Waals surface area contributed by atoms with E-state index in [4.69, 9.17) is 9.26 Å². The second-order valence-electron chi connectivity index (χ2n) is 7.25. The molecule has 1 N–H and O–H groups in total. The molecule has 0 bridgehead atoms. The van der Waals surface area contributed by atoms with Crippen LogP contribution in [-0.2, 0) is 17.9 Å².